The van der Waals surface area contributed by atoms with Gasteiger partial charge in [0.05, 0.1) is 0 Å². The van der Waals surface area contributed by atoms with E-state index in [1.54, 1.807) is 0 Å². The largest absolute Gasteiger partial charge is 0.384 e. The number of aryl methyl sites for hydroxylation is 1. The van der Waals surface area contributed by atoms with Gasteiger partial charge in [-0.1, -0.05) is 0 Å². The van der Waals surface area contributed by atoms with E-state index in [0.29, 0.717) is 11.0 Å². The number of aromatic amines is 1. The number of H-pyrrole nitrogens is 1. The third kappa shape index (κ3) is 0.935. The van der Waals surface area contributed by atoms with Crippen LogP contribution in [0.15, 0.2) is 4.60 Å². The average Bonchev–Trinajstić information content (AvgIpc) is 2.57. The molecule has 1 heterocycles. The van der Waals surface area contributed by atoms with E-state index in [1.165, 1.54) is 0 Å². The molecule has 1 aromatic heterocycles. The van der Waals surface area contributed by atoms with Crippen LogP contribution in [0.5, 0.6) is 0 Å². The van der Waals surface area contributed by atoms with Gasteiger partial charge in [-0.25, -0.2) is 0 Å². The first-order valence-corrected chi connectivity index (χ1v) is 4.62. The zero-order valence-corrected chi connectivity index (χ0v) is 8.06. The lowest BCUT2D eigenvalue weighted by atomic mass is 9.99. The Morgan fingerprint density at radius 1 is 1.75 bits per heavy atom. The van der Waals surface area contributed by atoms with E-state index < -0.39 is 5.60 Å². The number of aromatic nitrogens is 2. The van der Waals surface area contributed by atoms with E-state index in [2.05, 4.69) is 26.1 Å². The van der Waals surface area contributed by atoms with Crippen molar-refractivity contribution >= 4 is 15.9 Å². The molecule has 66 valence electrons. The molecule has 1 aliphatic carbocycles. The van der Waals surface area contributed by atoms with Crippen molar-refractivity contribution in [2.45, 2.75) is 18.4 Å². The van der Waals surface area contributed by atoms with E-state index in [0.717, 1.165) is 17.7 Å². The lowest BCUT2D eigenvalue weighted by Gasteiger charge is -2.20. The van der Waals surface area contributed by atoms with Crippen LogP contribution in [-0.2, 0) is 12.0 Å². The Balaban J connectivity index is 2.53. The summed E-state index contributed by atoms with van der Waals surface area (Å²) in [5.74, 6) is 0. The third-order valence-electron chi connectivity index (χ3n) is 2.39. The molecule has 1 atom stereocenters. The molecule has 2 rings (SSSR count). The molecule has 0 aliphatic heterocycles. The summed E-state index contributed by atoms with van der Waals surface area (Å²) in [7, 11) is 0. The highest BCUT2D eigenvalue weighted by molar-refractivity contribution is 9.10. The normalized spacial score (nSPS) is 27.6. The number of hydrogen-bond donors (Lipinski definition) is 3. The molecule has 5 heteroatoms. The van der Waals surface area contributed by atoms with E-state index in [4.69, 9.17) is 5.73 Å². The van der Waals surface area contributed by atoms with Crippen LogP contribution >= 0.6 is 15.9 Å². The molecule has 0 saturated heterocycles. The maximum absolute atomic E-state index is 10.0. The molecule has 1 unspecified atom stereocenters. The van der Waals surface area contributed by atoms with Crippen molar-refractivity contribution in [2.24, 2.45) is 5.73 Å². The first-order chi connectivity index (χ1) is 5.67. The Hall–Kier alpha value is -0.390. The molecule has 1 aromatic rings. The molecule has 0 saturated carbocycles. The topological polar surface area (TPSA) is 74.9 Å². The van der Waals surface area contributed by atoms with Crippen molar-refractivity contribution in [2.75, 3.05) is 6.54 Å². The van der Waals surface area contributed by atoms with Gasteiger partial charge in [0.1, 0.15) is 10.2 Å². The lowest BCUT2D eigenvalue weighted by molar-refractivity contribution is 0.0472. The van der Waals surface area contributed by atoms with Crippen LogP contribution in [0.4, 0.5) is 0 Å². The van der Waals surface area contributed by atoms with Gasteiger partial charge in [0.2, 0.25) is 0 Å². The molecule has 0 fully saturated rings. The first kappa shape index (κ1) is 8.22. The smallest absolute Gasteiger partial charge is 0.134 e. The minimum Gasteiger partial charge on any atom is -0.384 e. The molecule has 0 spiro atoms. The fraction of sp³-hybridized carbons (Fsp3) is 0.571. The Labute approximate surface area is 78.3 Å². The lowest BCUT2D eigenvalue weighted by Crippen LogP contribution is -2.32. The van der Waals surface area contributed by atoms with Crippen LogP contribution in [0.1, 0.15) is 17.7 Å². The number of nitrogens with two attached hydrogens (primary N) is 1. The summed E-state index contributed by atoms with van der Waals surface area (Å²) in [5, 5.41) is 16.8. The van der Waals surface area contributed by atoms with E-state index >= 15 is 0 Å². The number of nitrogens with one attached hydrogen (secondary N) is 1. The Morgan fingerprint density at radius 3 is 3.17 bits per heavy atom. The first-order valence-electron chi connectivity index (χ1n) is 3.83. The second-order valence-corrected chi connectivity index (χ2v) is 3.85. The molecule has 0 aromatic carbocycles. The summed E-state index contributed by atoms with van der Waals surface area (Å²) < 4.78 is 0.683. The predicted molar refractivity (Wildman–Crippen MR) is 47.6 cm³/mol. The summed E-state index contributed by atoms with van der Waals surface area (Å²) in [5.41, 5.74) is 6.46. The SMILES string of the molecule is NCC1(O)CCc2[nH]nc(Br)c21. The summed E-state index contributed by atoms with van der Waals surface area (Å²) in [6.45, 7) is 0.248. The van der Waals surface area contributed by atoms with Crippen molar-refractivity contribution in [1.29, 1.82) is 0 Å². The van der Waals surface area contributed by atoms with Gasteiger partial charge in [0.25, 0.3) is 0 Å². The van der Waals surface area contributed by atoms with Gasteiger partial charge in [0.15, 0.2) is 0 Å². The molecule has 0 amide bonds. The zero-order valence-electron chi connectivity index (χ0n) is 6.47. The van der Waals surface area contributed by atoms with Crippen molar-refractivity contribution in [1.82, 2.24) is 10.2 Å². The van der Waals surface area contributed by atoms with E-state index in [1.807, 2.05) is 0 Å². The molecular weight excluding hydrogens is 222 g/mol. The number of rotatable bonds is 1. The summed E-state index contributed by atoms with van der Waals surface area (Å²) in [6, 6.07) is 0. The number of fused-ring (bicyclic) bond motifs is 1. The molecule has 12 heavy (non-hydrogen) atoms. The highest BCUT2D eigenvalue weighted by Crippen LogP contribution is 2.38. The second kappa shape index (κ2) is 2.55. The van der Waals surface area contributed by atoms with Gasteiger partial charge in [-0.15, -0.1) is 0 Å². The summed E-state index contributed by atoms with van der Waals surface area (Å²) in [6.07, 6.45) is 1.51. The summed E-state index contributed by atoms with van der Waals surface area (Å²) in [4.78, 5) is 0. The summed E-state index contributed by atoms with van der Waals surface area (Å²) >= 11 is 3.28. The van der Waals surface area contributed by atoms with Gasteiger partial charge in [-0.05, 0) is 28.8 Å². The maximum Gasteiger partial charge on any atom is 0.134 e. The Bertz CT molecular complexity index is 312. The maximum atomic E-state index is 10.0. The van der Waals surface area contributed by atoms with Crippen molar-refractivity contribution < 1.29 is 5.11 Å². The zero-order chi connectivity index (χ0) is 8.77. The second-order valence-electron chi connectivity index (χ2n) is 3.10. The van der Waals surface area contributed by atoms with Crippen LogP contribution in [0.25, 0.3) is 0 Å². The minimum absolute atomic E-state index is 0.248. The monoisotopic (exact) mass is 231 g/mol. The van der Waals surface area contributed by atoms with Crippen molar-refractivity contribution in [3.63, 3.8) is 0 Å². The van der Waals surface area contributed by atoms with Crippen LogP contribution in [-0.4, -0.2) is 21.8 Å². The van der Waals surface area contributed by atoms with Gasteiger partial charge < -0.3 is 10.8 Å². The van der Waals surface area contributed by atoms with Crippen molar-refractivity contribution in [3.05, 3.63) is 15.9 Å². The van der Waals surface area contributed by atoms with E-state index in [-0.39, 0.29) is 6.54 Å². The number of halogens is 1. The number of nitrogens with zero attached hydrogens (tertiary/aromatic N) is 1. The Kier molecular flexibility index (Phi) is 1.75. The third-order valence-corrected chi connectivity index (χ3v) is 2.96. The predicted octanol–water partition coefficient (Wildman–Crippen LogP) is 0.265. The van der Waals surface area contributed by atoms with Gasteiger partial charge in [0, 0.05) is 17.8 Å². The number of aliphatic hydroxyl groups is 1. The fourth-order valence-electron chi connectivity index (χ4n) is 1.67. The average molecular weight is 232 g/mol. The fourth-order valence-corrected chi connectivity index (χ4v) is 2.36. The molecule has 0 bridgehead atoms. The van der Waals surface area contributed by atoms with Crippen molar-refractivity contribution in [3.8, 4) is 0 Å². The standard InChI is InChI=1S/C7H10BrN3O/c8-6-5-4(10-11-6)1-2-7(5,12)3-9/h12H,1-3,9H2,(H,10,11). The molecule has 4 nitrogen and oxygen atoms in total. The van der Waals surface area contributed by atoms with Crippen LogP contribution in [0.2, 0.25) is 0 Å². The van der Waals surface area contributed by atoms with Crippen LogP contribution in [0.3, 0.4) is 0 Å². The van der Waals surface area contributed by atoms with Gasteiger partial charge in [-0.3, -0.25) is 5.10 Å². The molecular formula is C7H10BrN3O. The molecule has 0 radical (unpaired) electrons. The highest BCUT2D eigenvalue weighted by Gasteiger charge is 2.39. The van der Waals surface area contributed by atoms with Gasteiger partial charge >= 0.3 is 0 Å². The quantitative estimate of drug-likeness (QED) is 0.650. The minimum atomic E-state index is -0.874. The van der Waals surface area contributed by atoms with E-state index in [9.17, 15) is 5.11 Å². The van der Waals surface area contributed by atoms with Crippen LogP contribution in [0, 0.1) is 0 Å². The van der Waals surface area contributed by atoms with Crippen LogP contribution < -0.4 is 5.73 Å². The Morgan fingerprint density at radius 2 is 2.50 bits per heavy atom. The molecule has 1 aliphatic rings. The van der Waals surface area contributed by atoms with Gasteiger partial charge in [-0.2, -0.15) is 5.10 Å². The molecule has 4 N–H and O–H groups in total. The highest BCUT2D eigenvalue weighted by atomic mass is 79.9. The number of hydrogen-bond acceptors (Lipinski definition) is 3.